The molecular formula is C17H29N3O. The summed E-state index contributed by atoms with van der Waals surface area (Å²) in [4.78, 5) is 7.28. The average molecular weight is 291 g/mol. The number of likely N-dealkylation sites (tertiary alicyclic amines) is 1. The number of ether oxygens (including phenoxy) is 1. The highest BCUT2D eigenvalue weighted by atomic mass is 16.5. The van der Waals surface area contributed by atoms with Crippen LogP contribution >= 0.6 is 0 Å². The number of rotatable bonds is 7. The third-order valence-electron chi connectivity index (χ3n) is 3.95. The van der Waals surface area contributed by atoms with Crippen LogP contribution in [0.15, 0.2) is 18.2 Å². The fourth-order valence-corrected chi connectivity index (χ4v) is 2.92. The lowest BCUT2D eigenvalue weighted by Gasteiger charge is -2.32. The van der Waals surface area contributed by atoms with Crippen LogP contribution in [0.5, 0.6) is 0 Å². The van der Waals surface area contributed by atoms with Gasteiger partial charge in [0, 0.05) is 32.8 Å². The molecule has 2 rings (SSSR count). The average Bonchev–Trinajstić information content (AvgIpc) is 2.46. The Morgan fingerprint density at radius 3 is 2.95 bits per heavy atom. The predicted molar refractivity (Wildman–Crippen MR) is 86.1 cm³/mol. The van der Waals surface area contributed by atoms with Gasteiger partial charge < -0.3 is 10.1 Å². The van der Waals surface area contributed by atoms with Crippen LogP contribution in [0.3, 0.4) is 0 Å². The van der Waals surface area contributed by atoms with Crippen molar-refractivity contribution < 1.29 is 4.74 Å². The molecular weight excluding hydrogens is 262 g/mol. The van der Waals surface area contributed by atoms with Crippen molar-refractivity contribution >= 4 is 0 Å². The lowest BCUT2D eigenvalue weighted by Crippen LogP contribution is -2.36. The van der Waals surface area contributed by atoms with Crippen molar-refractivity contribution in [1.82, 2.24) is 15.2 Å². The van der Waals surface area contributed by atoms with Crippen molar-refractivity contribution in [3.63, 3.8) is 0 Å². The van der Waals surface area contributed by atoms with Gasteiger partial charge in [0.15, 0.2) is 0 Å². The Morgan fingerprint density at radius 1 is 1.38 bits per heavy atom. The van der Waals surface area contributed by atoms with Gasteiger partial charge in [-0.25, -0.2) is 0 Å². The molecule has 0 spiro atoms. The molecule has 1 fully saturated rings. The van der Waals surface area contributed by atoms with E-state index in [1.54, 1.807) is 7.11 Å². The van der Waals surface area contributed by atoms with Gasteiger partial charge in [0.05, 0.1) is 18.0 Å². The van der Waals surface area contributed by atoms with Gasteiger partial charge in [-0.05, 0) is 37.4 Å². The number of hydrogen-bond donors (Lipinski definition) is 1. The van der Waals surface area contributed by atoms with E-state index < -0.39 is 0 Å². The molecule has 0 aliphatic carbocycles. The summed E-state index contributed by atoms with van der Waals surface area (Å²) in [6.07, 6.45) is 2.55. The Bertz CT molecular complexity index is 420. The molecule has 0 amide bonds. The first-order valence-electron chi connectivity index (χ1n) is 8.07. The van der Waals surface area contributed by atoms with E-state index in [1.165, 1.54) is 25.1 Å². The van der Waals surface area contributed by atoms with Crippen LogP contribution in [0.4, 0.5) is 0 Å². The molecule has 1 aromatic heterocycles. The number of nitrogens with zero attached hydrogens (tertiary/aromatic N) is 2. The van der Waals surface area contributed by atoms with Crippen LogP contribution < -0.4 is 5.32 Å². The van der Waals surface area contributed by atoms with Gasteiger partial charge in [0.1, 0.15) is 0 Å². The first-order valence-corrected chi connectivity index (χ1v) is 8.07. The van der Waals surface area contributed by atoms with Crippen molar-refractivity contribution in [3.8, 4) is 0 Å². The molecule has 4 nitrogen and oxygen atoms in total. The summed E-state index contributed by atoms with van der Waals surface area (Å²) in [6, 6.07) is 6.85. The number of pyridine rings is 1. The van der Waals surface area contributed by atoms with Crippen LogP contribution in [0.2, 0.25) is 0 Å². The second-order valence-corrected chi connectivity index (χ2v) is 6.35. The second-order valence-electron chi connectivity index (χ2n) is 6.35. The van der Waals surface area contributed by atoms with Crippen molar-refractivity contribution in [3.05, 3.63) is 29.6 Å². The zero-order valence-corrected chi connectivity index (χ0v) is 13.6. The van der Waals surface area contributed by atoms with E-state index in [0.29, 0.717) is 12.0 Å². The number of methoxy groups -OCH3 is 1. The minimum absolute atomic E-state index is 0.493. The summed E-state index contributed by atoms with van der Waals surface area (Å²) < 4.78 is 5.30. The maximum absolute atomic E-state index is 5.30. The molecule has 0 saturated carbocycles. The Kier molecular flexibility index (Phi) is 6.61. The number of hydrogen-bond acceptors (Lipinski definition) is 4. The van der Waals surface area contributed by atoms with Gasteiger partial charge >= 0.3 is 0 Å². The molecule has 1 aliphatic rings. The monoisotopic (exact) mass is 291 g/mol. The lowest BCUT2D eigenvalue weighted by molar-refractivity contribution is 0.0868. The fourth-order valence-electron chi connectivity index (χ4n) is 2.92. The van der Waals surface area contributed by atoms with Gasteiger partial charge in [0.2, 0.25) is 0 Å². The van der Waals surface area contributed by atoms with Crippen molar-refractivity contribution in [2.45, 2.75) is 45.8 Å². The highest BCUT2D eigenvalue weighted by Gasteiger charge is 2.20. The maximum Gasteiger partial charge on any atom is 0.0547 e. The molecule has 1 atom stereocenters. The summed E-state index contributed by atoms with van der Waals surface area (Å²) in [5.74, 6) is 0.676. The van der Waals surface area contributed by atoms with E-state index in [4.69, 9.17) is 9.72 Å². The molecule has 0 radical (unpaired) electrons. The van der Waals surface area contributed by atoms with Crippen molar-refractivity contribution in [1.29, 1.82) is 0 Å². The molecule has 1 aromatic rings. The number of aromatic nitrogens is 1. The first-order chi connectivity index (χ1) is 10.2. The number of piperidine rings is 1. The SMILES string of the molecule is COCC1CCCN(Cc2cccc(CNC(C)C)n2)C1. The summed E-state index contributed by atoms with van der Waals surface area (Å²) >= 11 is 0. The summed E-state index contributed by atoms with van der Waals surface area (Å²) in [6.45, 7) is 9.30. The van der Waals surface area contributed by atoms with E-state index in [-0.39, 0.29) is 0 Å². The molecule has 118 valence electrons. The van der Waals surface area contributed by atoms with E-state index in [2.05, 4.69) is 42.3 Å². The number of nitrogens with one attached hydrogen (secondary N) is 1. The normalized spacial score (nSPS) is 20.1. The highest BCUT2D eigenvalue weighted by Crippen LogP contribution is 2.18. The Labute approximate surface area is 128 Å². The second kappa shape index (κ2) is 8.47. The standard InChI is InChI=1S/C17H29N3O/c1-14(2)18-10-16-7-4-8-17(19-16)12-20-9-5-6-15(11-20)13-21-3/h4,7-8,14-15,18H,5-6,9-13H2,1-3H3. The molecule has 1 aliphatic heterocycles. The van der Waals surface area contributed by atoms with Gasteiger partial charge in [0.25, 0.3) is 0 Å². The highest BCUT2D eigenvalue weighted by molar-refractivity contribution is 5.11. The zero-order chi connectivity index (χ0) is 15.1. The van der Waals surface area contributed by atoms with Crippen LogP contribution in [-0.2, 0) is 17.8 Å². The fraction of sp³-hybridized carbons (Fsp3) is 0.706. The smallest absolute Gasteiger partial charge is 0.0547 e. The Morgan fingerprint density at radius 2 is 2.19 bits per heavy atom. The Hall–Kier alpha value is -0.970. The third kappa shape index (κ3) is 5.73. The van der Waals surface area contributed by atoms with E-state index in [1.807, 2.05) is 0 Å². The topological polar surface area (TPSA) is 37.4 Å². The molecule has 1 unspecified atom stereocenters. The third-order valence-corrected chi connectivity index (χ3v) is 3.95. The molecule has 1 N–H and O–H groups in total. The van der Waals surface area contributed by atoms with Gasteiger partial charge in [-0.2, -0.15) is 0 Å². The van der Waals surface area contributed by atoms with E-state index in [0.717, 1.165) is 31.9 Å². The maximum atomic E-state index is 5.30. The molecule has 4 heteroatoms. The van der Waals surface area contributed by atoms with E-state index in [9.17, 15) is 0 Å². The summed E-state index contributed by atoms with van der Waals surface area (Å²) in [5.41, 5.74) is 2.31. The predicted octanol–water partition coefficient (Wildman–Crippen LogP) is 2.44. The summed E-state index contributed by atoms with van der Waals surface area (Å²) in [5, 5.41) is 3.42. The molecule has 0 bridgehead atoms. The minimum Gasteiger partial charge on any atom is -0.384 e. The first kappa shape index (κ1) is 16.4. The van der Waals surface area contributed by atoms with Crippen molar-refractivity contribution in [2.75, 3.05) is 26.8 Å². The van der Waals surface area contributed by atoms with Crippen molar-refractivity contribution in [2.24, 2.45) is 5.92 Å². The van der Waals surface area contributed by atoms with Gasteiger partial charge in [-0.1, -0.05) is 19.9 Å². The molecule has 1 saturated heterocycles. The molecule has 21 heavy (non-hydrogen) atoms. The molecule has 2 heterocycles. The van der Waals surface area contributed by atoms with Crippen LogP contribution in [-0.4, -0.2) is 42.7 Å². The summed E-state index contributed by atoms with van der Waals surface area (Å²) in [7, 11) is 1.80. The van der Waals surface area contributed by atoms with Gasteiger partial charge in [-0.3, -0.25) is 9.88 Å². The molecule has 0 aromatic carbocycles. The quantitative estimate of drug-likeness (QED) is 0.837. The minimum atomic E-state index is 0.493. The Balaban J connectivity index is 1.88. The van der Waals surface area contributed by atoms with Crippen LogP contribution in [0.1, 0.15) is 38.1 Å². The lowest BCUT2D eigenvalue weighted by atomic mass is 9.99. The van der Waals surface area contributed by atoms with E-state index >= 15 is 0 Å². The van der Waals surface area contributed by atoms with Crippen LogP contribution in [0, 0.1) is 5.92 Å². The largest absolute Gasteiger partial charge is 0.384 e. The van der Waals surface area contributed by atoms with Crippen LogP contribution in [0.25, 0.3) is 0 Å². The van der Waals surface area contributed by atoms with Gasteiger partial charge in [-0.15, -0.1) is 0 Å². The zero-order valence-electron chi connectivity index (χ0n) is 13.6.